The maximum Gasteiger partial charge on any atom is 0.0468 e. The first-order valence-corrected chi connectivity index (χ1v) is 28.7. The van der Waals surface area contributed by atoms with E-state index in [2.05, 4.69) is 329 Å². The van der Waals surface area contributed by atoms with Gasteiger partial charge in [0.15, 0.2) is 0 Å². The van der Waals surface area contributed by atoms with Crippen LogP contribution in [0.2, 0.25) is 0 Å². The summed E-state index contributed by atoms with van der Waals surface area (Å²) in [7, 11) is 0. The van der Waals surface area contributed by atoms with Crippen LogP contribution in [-0.2, 0) is 10.8 Å². The molecule has 0 N–H and O–H groups in total. The van der Waals surface area contributed by atoms with Crippen molar-refractivity contribution in [2.45, 2.75) is 38.5 Å². The Morgan fingerprint density at radius 2 is 0.476 bits per heavy atom. The summed E-state index contributed by atoms with van der Waals surface area (Å²) in [5, 5.41) is 9.84. The van der Waals surface area contributed by atoms with Crippen molar-refractivity contribution < 1.29 is 0 Å². The molecule has 2 aliphatic rings. The van der Waals surface area contributed by atoms with Crippen molar-refractivity contribution in [1.29, 1.82) is 0 Å². The van der Waals surface area contributed by atoms with Crippen LogP contribution in [0.1, 0.15) is 72.2 Å². The lowest BCUT2D eigenvalue weighted by Gasteiger charge is -2.26. The van der Waals surface area contributed by atoms with Crippen LogP contribution in [0.3, 0.4) is 0 Å². The van der Waals surface area contributed by atoms with Crippen LogP contribution in [0.4, 0.5) is 34.1 Å². The number of hydrogen-bond acceptors (Lipinski definition) is 2. The summed E-state index contributed by atoms with van der Waals surface area (Å²) in [6, 6.07) is 98.5. The van der Waals surface area contributed by atoms with E-state index < -0.39 is 0 Å². The molecular formula is C80H60N2. The second-order valence-corrected chi connectivity index (χ2v) is 23.4. The molecule has 0 aliphatic heterocycles. The Hall–Kier alpha value is -10.0. The Balaban J connectivity index is 0.677. The van der Waals surface area contributed by atoms with E-state index in [0.717, 1.165) is 45.3 Å². The first kappa shape index (κ1) is 49.1. The molecule has 0 radical (unpaired) electrons. The van der Waals surface area contributed by atoms with E-state index in [1.165, 1.54) is 98.7 Å². The molecule has 82 heavy (non-hydrogen) atoms. The van der Waals surface area contributed by atoms with Crippen molar-refractivity contribution in [2.75, 3.05) is 9.80 Å². The third kappa shape index (κ3) is 8.50. The molecule has 0 aromatic heterocycles. The fourth-order valence-electron chi connectivity index (χ4n) is 13.2. The molecule has 13 aromatic carbocycles. The second kappa shape index (κ2) is 19.4. The van der Waals surface area contributed by atoms with Gasteiger partial charge in [-0.15, -0.1) is 0 Å². The van der Waals surface area contributed by atoms with Crippen molar-refractivity contribution in [3.8, 4) is 22.3 Å². The number of nitrogens with zero attached hydrogens (tertiary/aromatic N) is 2. The van der Waals surface area contributed by atoms with Gasteiger partial charge in [-0.25, -0.2) is 0 Å². The summed E-state index contributed by atoms with van der Waals surface area (Å²) >= 11 is 0. The maximum atomic E-state index is 2.52. The molecule has 2 nitrogen and oxygen atoms in total. The van der Waals surface area contributed by atoms with Gasteiger partial charge in [0.2, 0.25) is 0 Å². The van der Waals surface area contributed by atoms with Gasteiger partial charge in [-0.3, -0.25) is 0 Å². The zero-order valence-electron chi connectivity index (χ0n) is 46.6. The molecule has 13 aromatic rings. The lowest BCUT2D eigenvalue weighted by atomic mass is 9.79. The fraction of sp³-hybridized carbons (Fsp3) is 0.0750. The summed E-state index contributed by atoms with van der Waals surface area (Å²) < 4.78 is 0. The lowest BCUT2D eigenvalue weighted by Crippen LogP contribution is -2.17. The predicted octanol–water partition coefficient (Wildman–Crippen LogP) is 22.2. The van der Waals surface area contributed by atoms with Crippen molar-refractivity contribution in [1.82, 2.24) is 0 Å². The van der Waals surface area contributed by atoms with Gasteiger partial charge in [0, 0.05) is 45.0 Å². The average Bonchev–Trinajstić information content (AvgIpc) is 2.85. The molecule has 0 spiro atoms. The summed E-state index contributed by atoms with van der Waals surface area (Å²) in [5.74, 6) is 0. The molecule has 0 saturated heterocycles. The monoisotopic (exact) mass is 1050 g/mol. The predicted molar refractivity (Wildman–Crippen MR) is 352 cm³/mol. The van der Waals surface area contributed by atoms with Crippen molar-refractivity contribution >= 4 is 102 Å². The normalized spacial score (nSPS) is 13.7. The Morgan fingerprint density at radius 1 is 0.220 bits per heavy atom. The highest BCUT2D eigenvalue weighted by molar-refractivity contribution is 5.96. The smallest absolute Gasteiger partial charge is 0.0468 e. The van der Waals surface area contributed by atoms with Gasteiger partial charge < -0.3 is 9.80 Å². The number of hydrogen-bond donors (Lipinski definition) is 0. The lowest BCUT2D eigenvalue weighted by molar-refractivity contribution is 0.652. The Morgan fingerprint density at radius 3 is 0.793 bits per heavy atom. The van der Waals surface area contributed by atoms with Crippen LogP contribution < -0.4 is 9.80 Å². The van der Waals surface area contributed by atoms with Gasteiger partial charge in [0.25, 0.3) is 0 Å². The molecule has 2 heteroatoms. The van der Waals surface area contributed by atoms with Gasteiger partial charge in [0.05, 0.1) is 0 Å². The van der Waals surface area contributed by atoms with Gasteiger partial charge in [0.1, 0.15) is 0 Å². The quantitative estimate of drug-likeness (QED) is 0.126. The van der Waals surface area contributed by atoms with Crippen molar-refractivity contribution in [3.63, 3.8) is 0 Å². The summed E-state index contributed by atoms with van der Waals surface area (Å²) in [4.78, 5) is 4.74. The molecule has 2 aliphatic carbocycles. The Kier molecular flexibility index (Phi) is 11.6. The van der Waals surface area contributed by atoms with E-state index in [1.54, 1.807) is 0 Å². The molecule has 390 valence electrons. The number of benzene rings is 13. The largest absolute Gasteiger partial charge is 0.310 e. The van der Waals surface area contributed by atoms with Crippen LogP contribution >= 0.6 is 0 Å². The first-order valence-electron chi connectivity index (χ1n) is 28.7. The summed E-state index contributed by atoms with van der Waals surface area (Å²) in [6.07, 6.45) is 9.04. The van der Waals surface area contributed by atoms with E-state index >= 15 is 0 Å². The van der Waals surface area contributed by atoms with Gasteiger partial charge in [-0.2, -0.15) is 0 Å². The molecule has 0 unspecified atom stereocenters. The summed E-state index contributed by atoms with van der Waals surface area (Å²) in [5.41, 5.74) is 22.1. The Labute approximate surface area is 480 Å². The van der Waals surface area contributed by atoms with Crippen LogP contribution in [-0.4, -0.2) is 0 Å². The van der Waals surface area contributed by atoms with E-state index in [0.29, 0.717) is 0 Å². The molecule has 0 saturated carbocycles. The van der Waals surface area contributed by atoms with E-state index in [1.807, 2.05) is 0 Å². The topological polar surface area (TPSA) is 6.48 Å². The van der Waals surface area contributed by atoms with Crippen LogP contribution in [0, 0.1) is 0 Å². The third-order valence-electron chi connectivity index (χ3n) is 17.7. The van der Waals surface area contributed by atoms with E-state index in [9.17, 15) is 0 Å². The number of anilines is 6. The maximum absolute atomic E-state index is 2.52. The van der Waals surface area contributed by atoms with Gasteiger partial charge >= 0.3 is 0 Å². The SMILES string of the molecule is CC1(C)c2cc(C=Cc3ccc(N(c4ccc5ccccc5c4)c4ccc5ccccc5c4)cc3)ccc2-c2cc3c(cc21)-c1ccc(C=Cc2ccc(N(c4ccc5ccccc5c4)c4ccc5ccccc5c4)cc2)cc1C3(C)C. The molecule has 15 rings (SSSR count). The summed E-state index contributed by atoms with van der Waals surface area (Å²) in [6.45, 7) is 9.61. The molecule has 0 fully saturated rings. The molecule has 0 bridgehead atoms. The van der Waals surface area contributed by atoms with E-state index in [-0.39, 0.29) is 10.8 Å². The van der Waals surface area contributed by atoms with Gasteiger partial charge in [-0.05, 0) is 195 Å². The number of rotatable bonds is 10. The average molecular weight is 1050 g/mol. The van der Waals surface area contributed by atoms with Crippen molar-refractivity contribution in [3.05, 3.63) is 311 Å². The van der Waals surface area contributed by atoms with Crippen LogP contribution in [0.5, 0.6) is 0 Å². The molecule has 0 atom stereocenters. The first-order chi connectivity index (χ1) is 40.1. The minimum Gasteiger partial charge on any atom is -0.310 e. The molecule has 0 heterocycles. The highest BCUT2D eigenvalue weighted by Crippen LogP contribution is 2.56. The minimum absolute atomic E-state index is 0.159. The van der Waals surface area contributed by atoms with Gasteiger partial charge in [-0.1, -0.05) is 234 Å². The third-order valence-corrected chi connectivity index (χ3v) is 17.7. The zero-order chi connectivity index (χ0) is 55.1. The highest BCUT2D eigenvalue weighted by Gasteiger charge is 2.41. The van der Waals surface area contributed by atoms with Crippen LogP contribution in [0.25, 0.3) is 89.6 Å². The van der Waals surface area contributed by atoms with Crippen LogP contribution in [0.15, 0.2) is 267 Å². The molecular weight excluding hydrogens is 989 g/mol. The Bertz CT molecular complexity index is 4280. The second-order valence-electron chi connectivity index (χ2n) is 23.4. The fourth-order valence-corrected chi connectivity index (χ4v) is 13.2. The minimum atomic E-state index is -0.159. The standard InChI is InChI=1S/C80H60N2/c1-79(2)75-45-55(23-21-53-25-35-65(36-26-53)81(67-39-31-57-13-5-9-17-61(57)47-67)68-40-32-58-14-6-10-18-62(58)48-68)29-43-71(75)73-52-78-74(51-77(73)79)72-44-30-56(46-76(72)80(78,3)4)24-22-54-27-37-66(38-28-54)82(69-41-33-59-15-7-11-19-63(59)49-69)70-42-34-60-16-8-12-20-64(60)50-70/h5-52H,1-4H3. The molecule has 0 amide bonds. The van der Waals surface area contributed by atoms with E-state index in [4.69, 9.17) is 0 Å². The number of fused-ring (bicyclic) bond motifs is 10. The highest BCUT2D eigenvalue weighted by atomic mass is 15.1. The van der Waals surface area contributed by atoms with Crippen molar-refractivity contribution in [2.24, 2.45) is 0 Å². The zero-order valence-corrected chi connectivity index (χ0v) is 46.6.